The zero-order chi connectivity index (χ0) is 16.6. The number of carbonyl (C=O) groups is 2. The summed E-state index contributed by atoms with van der Waals surface area (Å²) in [5, 5.41) is 2.60. The van der Waals surface area contributed by atoms with Crippen molar-refractivity contribution in [2.75, 3.05) is 6.54 Å². The van der Waals surface area contributed by atoms with Crippen LogP contribution in [0.2, 0.25) is 0 Å². The number of alkyl halides is 3. The van der Waals surface area contributed by atoms with Gasteiger partial charge in [0.2, 0.25) is 11.8 Å². The Morgan fingerprint density at radius 2 is 1.78 bits per heavy atom. The van der Waals surface area contributed by atoms with Crippen LogP contribution in [0.4, 0.5) is 13.2 Å². The average Bonchev–Trinajstić information content (AvgIpc) is 2.44. The summed E-state index contributed by atoms with van der Waals surface area (Å²) in [6.07, 6.45) is -1.55. The van der Waals surface area contributed by atoms with Gasteiger partial charge in [0.25, 0.3) is 0 Å². The van der Waals surface area contributed by atoms with E-state index in [2.05, 4.69) is 5.32 Å². The number of piperazine rings is 1. The van der Waals surface area contributed by atoms with E-state index >= 15 is 0 Å². The van der Waals surface area contributed by atoms with Gasteiger partial charge in [-0.3, -0.25) is 9.59 Å². The maximum atomic E-state index is 12.6. The van der Waals surface area contributed by atoms with Crippen molar-refractivity contribution >= 4 is 11.8 Å². The van der Waals surface area contributed by atoms with Crippen molar-refractivity contribution in [1.29, 1.82) is 0 Å². The summed E-state index contributed by atoms with van der Waals surface area (Å²) in [5.41, 5.74) is -0.134. The van der Waals surface area contributed by atoms with Crippen molar-refractivity contribution in [3.8, 4) is 0 Å². The molecule has 0 bridgehead atoms. The van der Waals surface area contributed by atoms with Crippen LogP contribution in [0.1, 0.15) is 30.4 Å². The lowest BCUT2D eigenvalue weighted by molar-refractivity contribution is -0.150. The number of hydrogen-bond donors (Lipinski definition) is 1. The number of halogens is 3. The fourth-order valence-electron chi connectivity index (χ4n) is 3.07. The van der Waals surface area contributed by atoms with Gasteiger partial charge < -0.3 is 10.2 Å². The van der Waals surface area contributed by atoms with Crippen molar-refractivity contribution in [2.24, 2.45) is 5.92 Å². The zero-order valence-corrected chi connectivity index (χ0v) is 12.4. The van der Waals surface area contributed by atoms with Gasteiger partial charge in [0.1, 0.15) is 6.04 Å². The molecule has 1 aromatic carbocycles. The molecule has 0 unspecified atom stereocenters. The molecule has 2 aliphatic rings. The molecule has 2 amide bonds. The first-order valence-corrected chi connectivity index (χ1v) is 7.59. The van der Waals surface area contributed by atoms with Crippen LogP contribution < -0.4 is 5.32 Å². The number of carbonyl (C=O) groups excluding carboxylic acids is 2. The Labute approximate surface area is 131 Å². The van der Waals surface area contributed by atoms with E-state index in [9.17, 15) is 22.8 Å². The lowest BCUT2D eigenvalue weighted by Gasteiger charge is -2.42. The SMILES string of the molecule is O=C1NCC(=O)N(Cc2ccc(C(F)(F)F)cc2)[C@H]1C1CCC1. The summed E-state index contributed by atoms with van der Waals surface area (Å²) >= 11 is 0. The standard InChI is InChI=1S/C16H17F3N2O2/c17-16(18,19)12-6-4-10(5-7-12)9-21-13(22)8-20-15(23)14(21)11-2-1-3-11/h4-7,11,14H,1-3,8-9H2,(H,20,23)/t14-/m0/s1. The van der Waals surface area contributed by atoms with Gasteiger partial charge in [0, 0.05) is 6.54 Å². The molecule has 1 aliphatic heterocycles. The van der Waals surface area contributed by atoms with Crippen LogP contribution in [0, 0.1) is 5.92 Å². The molecule has 0 spiro atoms. The molecule has 3 rings (SSSR count). The summed E-state index contributed by atoms with van der Waals surface area (Å²) < 4.78 is 37.8. The molecule has 0 radical (unpaired) electrons. The van der Waals surface area contributed by atoms with E-state index in [1.54, 1.807) is 0 Å². The van der Waals surface area contributed by atoms with Crippen LogP contribution >= 0.6 is 0 Å². The molecule has 124 valence electrons. The summed E-state index contributed by atoms with van der Waals surface area (Å²) in [5.74, 6) is -0.212. The quantitative estimate of drug-likeness (QED) is 0.927. The van der Waals surface area contributed by atoms with Crippen LogP contribution in [0.15, 0.2) is 24.3 Å². The fourth-order valence-corrected chi connectivity index (χ4v) is 3.07. The maximum absolute atomic E-state index is 12.6. The van der Waals surface area contributed by atoms with Gasteiger partial charge in [-0.1, -0.05) is 18.6 Å². The first kappa shape index (κ1) is 15.8. The highest BCUT2D eigenvalue weighted by Crippen LogP contribution is 2.34. The number of amides is 2. The average molecular weight is 326 g/mol. The third-order valence-corrected chi connectivity index (χ3v) is 4.57. The van der Waals surface area contributed by atoms with Crippen molar-refractivity contribution in [2.45, 2.75) is 38.0 Å². The molecule has 2 fully saturated rings. The monoisotopic (exact) mass is 326 g/mol. The molecule has 0 aromatic heterocycles. The molecule has 1 atom stereocenters. The third-order valence-electron chi connectivity index (χ3n) is 4.57. The molecular weight excluding hydrogens is 309 g/mol. The summed E-state index contributed by atoms with van der Waals surface area (Å²) in [6.45, 7) is 0.105. The summed E-state index contributed by atoms with van der Waals surface area (Å²) in [7, 11) is 0. The van der Waals surface area contributed by atoms with Crippen molar-refractivity contribution < 1.29 is 22.8 Å². The van der Waals surface area contributed by atoms with E-state index in [1.807, 2.05) is 0 Å². The molecule has 1 aliphatic carbocycles. The topological polar surface area (TPSA) is 49.4 Å². The van der Waals surface area contributed by atoms with Gasteiger partial charge in [-0.25, -0.2) is 0 Å². The van der Waals surface area contributed by atoms with Crippen molar-refractivity contribution in [1.82, 2.24) is 10.2 Å². The predicted octanol–water partition coefficient (Wildman–Crippen LogP) is 2.33. The lowest BCUT2D eigenvalue weighted by Crippen LogP contribution is -2.61. The molecule has 1 aromatic rings. The van der Waals surface area contributed by atoms with Gasteiger partial charge in [-0.2, -0.15) is 13.2 Å². The largest absolute Gasteiger partial charge is 0.416 e. The Kier molecular flexibility index (Phi) is 4.04. The van der Waals surface area contributed by atoms with Gasteiger partial charge in [0.05, 0.1) is 12.1 Å². The summed E-state index contributed by atoms with van der Waals surface area (Å²) in [4.78, 5) is 25.8. The molecule has 1 heterocycles. The molecular formula is C16H17F3N2O2. The maximum Gasteiger partial charge on any atom is 0.416 e. The van der Waals surface area contributed by atoms with Gasteiger partial charge in [-0.05, 0) is 36.5 Å². The Morgan fingerprint density at radius 1 is 1.13 bits per heavy atom. The van der Waals surface area contributed by atoms with E-state index in [0.717, 1.165) is 31.4 Å². The Hall–Kier alpha value is -2.05. The number of nitrogens with one attached hydrogen (secondary N) is 1. The minimum atomic E-state index is -4.38. The smallest absolute Gasteiger partial charge is 0.345 e. The first-order valence-electron chi connectivity index (χ1n) is 7.59. The summed E-state index contributed by atoms with van der Waals surface area (Å²) in [6, 6.07) is 4.22. The minimum Gasteiger partial charge on any atom is -0.345 e. The molecule has 23 heavy (non-hydrogen) atoms. The lowest BCUT2D eigenvalue weighted by atomic mass is 9.78. The van der Waals surface area contributed by atoms with Crippen LogP contribution in [0.25, 0.3) is 0 Å². The second-order valence-corrected chi connectivity index (χ2v) is 6.07. The molecule has 4 nitrogen and oxygen atoms in total. The second-order valence-electron chi connectivity index (χ2n) is 6.07. The van der Waals surface area contributed by atoms with E-state index in [-0.39, 0.29) is 30.8 Å². The number of benzene rings is 1. The van der Waals surface area contributed by atoms with Crippen LogP contribution in [0.5, 0.6) is 0 Å². The van der Waals surface area contributed by atoms with Gasteiger partial charge >= 0.3 is 6.18 Å². The number of nitrogens with zero attached hydrogens (tertiary/aromatic N) is 1. The Balaban J connectivity index is 1.78. The van der Waals surface area contributed by atoms with E-state index in [0.29, 0.717) is 5.56 Å². The van der Waals surface area contributed by atoms with Gasteiger partial charge in [-0.15, -0.1) is 0 Å². The van der Waals surface area contributed by atoms with E-state index < -0.39 is 17.8 Å². The van der Waals surface area contributed by atoms with Crippen molar-refractivity contribution in [3.05, 3.63) is 35.4 Å². The highest BCUT2D eigenvalue weighted by molar-refractivity contribution is 5.95. The highest BCUT2D eigenvalue weighted by atomic mass is 19.4. The Bertz CT molecular complexity index is 609. The molecule has 7 heteroatoms. The number of hydrogen-bond acceptors (Lipinski definition) is 2. The van der Waals surface area contributed by atoms with Crippen LogP contribution in [0.3, 0.4) is 0 Å². The number of rotatable bonds is 3. The minimum absolute atomic E-state index is 0.0529. The van der Waals surface area contributed by atoms with E-state index in [1.165, 1.54) is 17.0 Å². The third kappa shape index (κ3) is 3.18. The highest BCUT2D eigenvalue weighted by Gasteiger charge is 2.42. The molecule has 1 saturated carbocycles. The van der Waals surface area contributed by atoms with Gasteiger partial charge in [0.15, 0.2) is 0 Å². The fraction of sp³-hybridized carbons (Fsp3) is 0.500. The molecule has 1 saturated heterocycles. The normalized spacial score (nSPS) is 22.7. The molecule has 1 N–H and O–H groups in total. The zero-order valence-electron chi connectivity index (χ0n) is 12.4. The van der Waals surface area contributed by atoms with Crippen LogP contribution in [-0.2, 0) is 22.3 Å². The van der Waals surface area contributed by atoms with Crippen molar-refractivity contribution in [3.63, 3.8) is 0 Å². The Morgan fingerprint density at radius 3 is 2.30 bits per heavy atom. The first-order chi connectivity index (χ1) is 10.9. The van der Waals surface area contributed by atoms with E-state index in [4.69, 9.17) is 0 Å². The second kappa shape index (κ2) is 5.86. The van der Waals surface area contributed by atoms with Crippen LogP contribution in [-0.4, -0.2) is 29.3 Å². The predicted molar refractivity (Wildman–Crippen MR) is 76.1 cm³/mol.